The maximum atomic E-state index is 11.1. The fourth-order valence-corrected chi connectivity index (χ4v) is 1.27. The summed E-state index contributed by atoms with van der Waals surface area (Å²) < 4.78 is 0. The first kappa shape index (κ1) is 9.93. The summed E-state index contributed by atoms with van der Waals surface area (Å²) in [5, 5.41) is 9.00. The molecule has 2 nitrogen and oxygen atoms in total. The zero-order valence-electron chi connectivity index (χ0n) is 7.95. The molecule has 1 atom stereocenters. The fraction of sp³-hybridized carbons (Fsp3) is 0.364. The van der Waals surface area contributed by atoms with Crippen LogP contribution in [0.5, 0.6) is 0 Å². The van der Waals surface area contributed by atoms with E-state index in [0.717, 1.165) is 11.1 Å². The van der Waals surface area contributed by atoms with Gasteiger partial charge in [-0.2, -0.15) is 0 Å². The van der Waals surface area contributed by atoms with Gasteiger partial charge in [0.2, 0.25) is 0 Å². The number of ketones is 1. The van der Waals surface area contributed by atoms with Crippen molar-refractivity contribution in [1.82, 2.24) is 0 Å². The molecular weight excluding hydrogens is 164 g/mol. The molecule has 0 saturated heterocycles. The van der Waals surface area contributed by atoms with Crippen molar-refractivity contribution in [3.05, 3.63) is 35.4 Å². The topological polar surface area (TPSA) is 37.3 Å². The Bertz CT molecular complexity index is 287. The van der Waals surface area contributed by atoms with E-state index in [1.807, 2.05) is 31.2 Å². The summed E-state index contributed by atoms with van der Waals surface area (Å²) in [6.07, 6.45) is 0. The number of aliphatic hydroxyl groups is 1. The van der Waals surface area contributed by atoms with E-state index in [1.54, 1.807) is 0 Å². The first-order valence-corrected chi connectivity index (χ1v) is 4.33. The predicted octanol–water partition coefficient (Wildman–Crippen LogP) is 1.66. The minimum Gasteiger partial charge on any atom is -0.395 e. The van der Waals surface area contributed by atoms with E-state index in [4.69, 9.17) is 5.11 Å². The average molecular weight is 178 g/mol. The number of Topliss-reactive ketones (excluding diaryl/α,β-unsaturated/α-hetero) is 1. The lowest BCUT2D eigenvalue weighted by molar-refractivity contribution is -0.119. The van der Waals surface area contributed by atoms with Crippen molar-refractivity contribution in [3.8, 4) is 0 Å². The van der Waals surface area contributed by atoms with Gasteiger partial charge in [0.25, 0.3) is 0 Å². The molecule has 0 unspecified atom stereocenters. The first-order chi connectivity index (χ1) is 6.15. The molecule has 1 rings (SSSR count). The Morgan fingerprint density at radius 3 is 2.31 bits per heavy atom. The van der Waals surface area contributed by atoms with E-state index in [1.165, 1.54) is 6.92 Å². The minimum absolute atomic E-state index is 0.00588. The van der Waals surface area contributed by atoms with Gasteiger partial charge in [-0.3, -0.25) is 4.79 Å². The molecule has 0 aromatic heterocycles. The number of hydrogen-bond donors (Lipinski definition) is 1. The van der Waals surface area contributed by atoms with Crippen LogP contribution in [0, 0.1) is 6.92 Å². The number of carbonyl (C=O) groups excluding carboxylic acids is 1. The smallest absolute Gasteiger partial charge is 0.139 e. The van der Waals surface area contributed by atoms with E-state index in [0.29, 0.717) is 0 Å². The molecule has 0 aliphatic carbocycles. The quantitative estimate of drug-likeness (QED) is 0.764. The summed E-state index contributed by atoms with van der Waals surface area (Å²) in [6.45, 7) is 3.38. The highest BCUT2D eigenvalue weighted by atomic mass is 16.3. The second-order valence-corrected chi connectivity index (χ2v) is 3.26. The van der Waals surface area contributed by atoms with Gasteiger partial charge in [0.1, 0.15) is 5.78 Å². The van der Waals surface area contributed by atoms with Crippen LogP contribution in [0.15, 0.2) is 24.3 Å². The second kappa shape index (κ2) is 4.19. The molecule has 1 aromatic carbocycles. The number of benzene rings is 1. The molecular formula is C11H14O2. The summed E-state index contributed by atoms with van der Waals surface area (Å²) in [7, 11) is 0. The third-order valence-electron chi connectivity index (χ3n) is 2.15. The highest BCUT2D eigenvalue weighted by Gasteiger charge is 2.14. The molecule has 0 radical (unpaired) electrons. The molecule has 0 heterocycles. The maximum Gasteiger partial charge on any atom is 0.139 e. The van der Waals surface area contributed by atoms with Crippen LogP contribution in [0.1, 0.15) is 24.0 Å². The largest absolute Gasteiger partial charge is 0.395 e. The van der Waals surface area contributed by atoms with Crippen LogP contribution in [0.3, 0.4) is 0 Å². The highest BCUT2D eigenvalue weighted by molar-refractivity contribution is 5.83. The number of hydrogen-bond acceptors (Lipinski definition) is 2. The van der Waals surface area contributed by atoms with Crippen molar-refractivity contribution in [2.75, 3.05) is 6.61 Å². The molecule has 0 amide bonds. The third kappa shape index (κ3) is 2.39. The van der Waals surface area contributed by atoms with Gasteiger partial charge in [0, 0.05) is 0 Å². The van der Waals surface area contributed by atoms with Crippen molar-refractivity contribution in [2.24, 2.45) is 0 Å². The van der Waals surface area contributed by atoms with Crippen LogP contribution in [0.25, 0.3) is 0 Å². The summed E-state index contributed by atoms with van der Waals surface area (Å²) >= 11 is 0. The van der Waals surface area contributed by atoms with Crippen LogP contribution in [-0.2, 0) is 4.79 Å². The Morgan fingerprint density at radius 2 is 1.92 bits per heavy atom. The van der Waals surface area contributed by atoms with E-state index >= 15 is 0 Å². The van der Waals surface area contributed by atoms with Gasteiger partial charge < -0.3 is 5.11 Å². The predicted molar refractivity (Wildman–Crippen MR) is 51.7 cm³/mol. The van der Waals surface area contributed by atoms with Crippen molar-refractivity contribution in [2.45, 2.75) is 19.8 Å². The zero-order chi connectivity index (χ0) is 9.84. The average Bonchev–Trinajstić information content (AvgIpc) is 2.09. The van der Waals surface area contributed by atoms with Crippen molar-refractivity contribution >= 4 is 5.78 Å². The Morgan fingerprint density at radius 1 is 1.38 bits per heavy atom. The summed E-state index contributed by atoms with van der Waals surface area (Å²) in [5.41, 5.74) is 2.05. The Hall–Kier alpha value is -1.15. The normalized spacial score (nSPS) is 12.5. The molecule has 2 heteroatoms. The van der Waals surface area contributed by atoms with Crippen molar-refractivity contribution in [1.29, 1.82) is 0 Å². The van der Waals surface area contributed by atoms with Crippen LogP contribution in [0.4, 0.5) is 0 Å². The standard InChI is InChI=1S/C11H14O2/c1-8-3-5-10(6-4-8)11(7-12)9(2)13/h3-6,11-12H,7H2,1-2H3/t11-/m0/s1. The Balaban J connectivity index is 2.92. The molecule has 1 aromatic rings. The van der Waals surface area contributed by atoms with E-state index in [2.05, 4.69) is 0 Å². The molecule has 13 heavy (non-hydrogen) atoms. The zero-order valence-corrected chi connectivity index (χ0v) is 7.95. The van der Waals surface area contributed by atoms with Crippen LogP contribution in [0.2, 0.25) is 0 Å². The van der Waals surface area contributed by atoms with Gasteiger partial charge in [0.05, 0.1) is 12.5 Å². The third-order valence-corrected chi connectivity index (χ3v) is 2.15. The molecule has 70 valence electrons. The molecule has 0 saturated carbocycles. The highest BCUT2D eigenvalue weighted by Crippen LogP contribution is 2.16. The van der Waals surface area contributed by atoms with Gasteiger partial charge >= 0.3 is 0 Å². The van der Waals surface area contributed by atoms with Crippen molar-refractivity contribution < 1.29 is 9.90 Å². The van der Waals surface area contributed by atoms with E-state index < -0.39 is 0 Å². The monoisotopic (exact) mass is 178 g/mol. The van der Waals surface area contributed by atoms with Gasteiger partial charge in [-0.1, -0.05) is 29.8 Å². The summed E-state index contributed by atoms with van der Waals surface area (Å²) in [4.78, 5) is 11.1. The molecule has 0 spiro atoms. The fourth-order valence-electron chi connectivity index (χ4n) is 1.27. The molecule has 0 aliphatic heterocycles. The van der Waals surface area contributed by atoms with Crippen LogP contribution < -0.4 is 0 Å². The van der Waals surface area contributed by atoms with Gasteiger partial charge in [-0.05, 0) is 19.4 Å². The molecule has 0 bridgehead atoms. The molecule has 0 aliphatic rings. The van der Waals surface area contributed by atoms with Gasteiger partial charge in [-0.25, -0.2) is 0 Å². The van der Waals surface area contributed by atoms with E-state index in [-0.39, 0.29) is 18.3 Å². The number of aliphatic hydroxyl groups excluding tert-OH is 1. The number of aryl methyl sites for hydroxylation is 1. The molecule has 1 N–H and O–H groups in total. The van der Waals surface area contributed by atoms with Gasteiger partial charge in [0.15, 0.2) is 0 Å². The van der Waals surface area contributed by atoms with Crippen LogP contribution in [-0.4, -0.2) is 17.5 Å². The van der Waals surface area contributed by atoms with Crippen molar-refractivity contribution in [3.63, 3.8) is 0 Å². The van der Waals surface area contributed by atoms with E-state index in [9.17, 15) is 4.79 Å². The number of carbonyl (C=O) groups is 1. The van der Waals surface area contributed by atoms with Gasteiger partial charge in [-0.15, -0.1) is 0 Å². The maximum absolute atomic E-state index is 11.1. The SMILES string of the molecule is CC(=O)[C@H](CO)c1ccc(C)cc1. The lowest BCUT2D eigenvalue weighted by atomic mass is 9.96. The lowest BCUT2D eigenvalue weighted by Gasteiger charge is -2.10. The number of rotatable bonds is 3. The Kier molecular flexibility index (Phi) is 3.20. The summed E-state index contributed by atoms with van der Waals surface area (Å²) in [5.74, 6) is -0.355. The minimum atomic E-state index is -0.361. The van der Waals surface area contributed by atoms with Crippen LogP contribution >= 0.6 is 0 Å². The second-order valence-electron chi connectivity index (χ2n) is 3.26. The lowest BCUT2D eigenvalue weighted by Crippen LogP contribution is -2.12. The Labute approximate surface area is 78.2 Å². The summed E-state index contributed by atoms with van der Waals surface area (Å²) in [6, 6.07) is 7.66. The first-order valence-electron chi connectivity index (χ1n) is 4.33. The molecule has 0 fully saturated rings.